The average Bonchev–Trinajstić information content (AvgIpc) is 2.28. The van der Waals surface area contributed by atoms with Crippen LogP contribution < -0.4 is 5.32 Å². The minimum atomic E-state index is -0.299. The molecule has 1 aliphatic carbocycles. The first-order valence-electron chi connectivity index (χ1n) is 5.92. The summed E-state index contributed by atoms with van der Waals surface area (Å²) in [5.74, 6) is 3.59. The number of hydrogen-bond acceptors (Lipinski definition) is 2. The molecule has 0 aromatic carbocycles. The third kappa shape index (κ3) is 4.24. The van der Waals surface area contributed by atoms with Crippen molar-refractivity contribution in [1.29, 1.82) is 0 Å². The summed E-state index contributed by atoms with van der Waals surface area (Å²) in [6, 6.07) is 0. The lowest BCUT2D eigenvalue weighted by Gasteiger charge is -2.29. The van der Waals surface area contributed by atoms with Crippen LogP contribution in [0, 0.1) is 18.3 Å². The van der Waals surface area contributed by atoms with E-state index in [0.29, 0.717) is 6.61 Å². The zero-order chi connectivity index (χ0) is 11.1. The van der Waals surface area contributed by atoms with Gasteiger partial charge in [0.1, 0.15) is 5.54 Å². The number of rotatable bonds is 5. The largest absolute Gasteiger partial charge is 0.382 e. The van der Waals surface area contributed by atoms with Crippen LogP contribution in [0.5, 0.6) is 0 Å². The Morgan fingerprint density at radius 3 is 2.60 bits per heavy atom. The maximum Gasteiger partial charge on any atom is 0.101 e. The van der Waals surface area contributed by atoms with Gasteiger partial charge in [-0.3, -0.25) is 5.32 Å². The van der Waals surface area contributed by atoms with E-state index in [2.05, 4.69) is 11.2 Å². The minimum absolute atomic E-state index is 0.299. The fourth-order valence-corrected chi connectivity index (χ4v) is 2.19. The van der Waals surface area contributed by atoms with Gasteiger partial charge in [-0.2, -0.15) is 0 Å². The number of ether oxygens (including phenoxy) is 1. The topological polar surface area (TPSA) is 21.3 Å². The van der Waals surface area contributed by atoms with Crippen LogP contribution >= 0.6 is 0 Å². The molecule has 2 heteroatoms. The minimum Gasteiger partial charge on any atom is -0.382 e. The van der Waals surface area contributed by atoms with Crippen LogP contribution in [0.15, 0.2) is 0 Å². The summed E-state index contributed by atoms with van der Waals surface area (Å²) in [6.45, 7) is 3.64. The normalized spacial score (nSPS) is 21.9. The lowest BCUT2D eigenvalue weighted by Crippen LogP contribution is -2.47. The summed E-state index contributed by atoms with van der Waals surface area (Å²) in [7, 11) is 1.69. The summed E-state index contributed by atoms with van der Waals surface area (Å²) < 4.78 is 5.13. The number of terminal acetylenes is 1. The van der Waals surface area contributed by atoms with E-state index in [1.807, 2.05) is 6.92 Å². The van der Waals surface area contributed by atoms with Gasteiger partial charge in [-0.05, 0) is 32.2 Å². The molecule has 1 atom stereocenters. The molecule has 2 nitrogen and oxygen atoms in total. The molecule has 0 aliphatic heterocycles. The summed E-state index contributed by atoms with van der Waals surface area (Å²) in [5, 5.41) is 3.46. The van der Waals surface area contributed by atoms with Gasteiger partial charge < -0.3 is 4.74 Å². The van der Waals surface area contributed by atoms with Crippen molar-refractivity contribution >= 4 is 0 Å². The Bertz CT molecular complexity index is 215. The van der Waals surface area contributed by atoms with E-state index in [1.165, 1.54) is 32.1 Å². The molecule has 1 fully saturated rings. The van der Waals surface area contributed by atoms with Gasteiger partial charge in [-0.15, -0.1) is 6.42 Å². The smallest absolute Gasteiger partial charge is 0.101 e. The Labute approximate surface area is 93.8 Å². The zero-order valence-corrected chi connectivity index (χ0v) is 10.0. The van der Waals surface area contributed by atoms with E-state index < -0.39 is 0 Å². The van der Waals surface area contributed by atoms with Crippen LogP contribution in [0.2, 0.25) is 0 Å². The van der Waals surface area contributed by atoms with Crippen molar-refractivity contribution in [3.05, 3.63) is 0 Å². The van der Waals surface area contributed by atoms with Crippen molar-refractivity contribution in [2.45, 2.75) is 44.6 Å². The van der Waals surface area contributed by atoms with Crippen LogP contribution in [-0.4, -0.2) is 25.8 Å². The fourth-order valence-electron chi connectivity index (χ4n) is 2.19. The Morgan fingerprint density at radius 2 is 2.07 bits per heavy atom. The van der Waals surface area contributed by atoms with E-state index in [9.17, 15) is 0 Å². The molecule has 1 rings (SSSR count). The molecule has 0 aromatic heterocycles. The molecule has 0 spiro atoms. The molecule has 0 radical (unpaired) electrons. The maximum atomic E-state index is 5.52. The highest BCUT2D eigenvalue weighted by atomic mass is 16.5. The van der Waals surface area contributed by atoms with E-state index in [-0.39, 0.29) is 5.54 Å². The van der Waals surface area contributed by atoms with Crippen LogP contribution in [-0.2, 0) is 4.74 Å². The lowest BCUT2D eigenvalue weighted by atomic mass is 9.88. The van der Waals surface area contributed by atoms with Gasteiger partial charge in [-0.25, -0.2) is 0 Å². The highest BCUT2D eigenvalue weighted by molar-refractivity contribution is 5.10. The lowest BCUT2D eigenvalue weighted by molar-refractivity contribution is 0.142. The molecule has 86 valence electrons. The summed E-state index contributed by atoms with van der Waals surface area (Å²) >= 11 is 0. The zero-order valence-electron chi connectivity index (χ0n) is 10.0. The van der Waals surface area contributed by atoms with Crippen LogP contribution in [0.1, 0.15) is 39.0 Å². The quantitative estimate of drug-likeness (QED) is 0.701. The molecule has 1 saturated carbocycles. The monoisotopic (exact) mass is 209 g/mol. The highest BCUT2D eigenvalue weighted by Gasteiger charge is 2.22. The van der Waals surface area contributed by atoms with E-state index in [4.69, 9.17) is 11.2 Å². The first kappa shape index (κ1) is 12.5. The Kier molecular flexibility index (Phi) is 5.14. The van der Waals surface area contributed by atoms with Gasteiger partial charge in [0.25, 0.3) is 0 Å². The predicted octanol–water partition coefficient (Wildman–Crippen LogP) is 2.19. The molecule has 1 unspecified atom stereocenters. The molecule has 15 heavy (non-hydrogen) atoms. The van der Waals surface area contributed by atoms with Gasteiger partial charge in [0.2, 0.25) is 0 Å². The van der Waals surface area contributed by atoms with Crippen molar-refractivity contribution in [2.75, 3.05) is 20.3 Å². The van der Waals surface area contributed by atoms with Gasteiger partial charge in [-0.1, -0.05) is 25.2 Å². The predicted molar refractivity (Wildman–Crippen MR) is 63.7 cm³/mol. The van der Waals surface area contributed by atoms with Crippen molar-refractivity contribution in [3.8, 4) is 12.3 Å². The maximum absolute atomic E-state index is 5.52. The van der Waals surface area contributed by atoms with Crippen molar-refractivity contribution < 1.29 is 4.74 Å². The second-order valence-electron chi connectivity index (χ2n) is 4.79. The average molecular weight is 209 g/mol. The molecule has 0 aromatic rings. The van der Waals surface area contributed by atoms with Crippen molar-refractivity contribution in [3.63, 3.8) is 0 Å². The Hall–Kier alpha value is -0.520. The molecular weight excluding hydrogens is 186 g/mol. The molecule has 1 aliphatic rings. The molecule has 0 heterocycles. The Balaban J connectivity index is 2.30. The number of hydrogen-bond donors (Lipinski definition) is 1. The molecule has 0 saturated heterocycles. The number of nitrogens with one attached hydrogen (secondary N) is 1. The van der Waals surface area contributed by atoms with E-state index >= 15 is 0 Å². The molecule has 0 bridgehead atoms. The van der Waals surface area contributed by atoms with Gasteiger partial charge >= 0.3 is 0 Å². The number of methoxy groups -OCH3 is 1. The van der Waals surface area contributed by atoms with Gasteiger partial charge in [0, 0.05) is 7.11 Å². The summed E-state index contributed by atoms with van der Waals surface area (Å²) in [6.07, 6.45) is 12.4. The second-order valence-corrected chi connectivity index (χ2v) is 4.79. The molecular formula is C13H23NO. The Morgan fingerprint density at radius 1 is 1.40 bits per heavy atom. The van der Waals surface area contributed by atoms with Crippen LogP contribution in [0.3, 0.4) is 0 Å². The van der Waals surface area contributed by atoms with Crippen molar-refractivity contribution in [1.82, 2.24) is 5.32 Å². The first-order valence-corrected chi connectivity index (χ1v) is 5.92. The van der Waals surface area contributed by atoms with E-state index in [0.717, 1.165) is 12.5 Å². The van der Waals surface area contributed by atoms with E-state index in [1.54, 1.807) is 7.11 Å². The molecule has 1 N–H and O–H groups in total. The van der Waals surface area contributed by atoms with Gasteiger partial charge in [0.05, 0.1) is 6.61 Å². The third-order valence-corrected chi connectivity index (χ3v) is 3.26. The van der Waals surface area contributed by atoms with Gasteiger partial charge in [0.15, 0.2) is 0 Å². The van der Waals surface area contributed by atoms with Crippen molar-refractivity contribution in [2.24, 2.45) is 5.92 Å². The summed E-state index contributed by atoms with van der Waals surface area (Å²) in [5.41, 5.74) is -0.299. The fraction of sp³-hybridized carbons (Fsp3) is 0.846. The summed E-state index contributed by atoms with van der Waals surface area (Å²) in [4.78, 5) is 0. The SMILES string of the molecule is C#CC(C)(COC)NCC1CCCCC1. The third-order valence-electron chi connectivity index (χ3n) is 3.26. The first-order chi connectivity index (χ1) is 7.20. The van der Waals surface area contributed by atoms with Crippen LogP contribution in [0.25, 0.3) is 0 Å². The van der Waals surface area contributed by atoms with Crippen LogP contribution in [0.4, 0.5) is 0 Å². The highest BCUT2D eigenvalue weighted by Crippen LogP contribution is 2.23. The second kappa shape index (κ2) is 6.15. The molecule has 0 amide bonds. The standard InChI is InChI=1S/C13H23NO/c1-4-13(2,11-15-3)14-10-12-8-6-5-7-9-12/h1,12,14H,5-11H2,2-3H3.